The Kier molecular flexibility index (Phi) is 5.55. The minimum Gasteiger partial charge on any atom is -0.338 e. The largest absolute Gasteiger partial charge is 0.338 e. The number of hydrogen-bond donors (Lipinski definition) is 1. The highest BCUT2D eigenvalue weighted by Gasteiger charge is 2.18. The fourth-order valence-electron chi connectivity index (χ4n) is 1.73. The summed E-state index contributed by atoms with van der Waals surface area (Å²) in [7, 11) is 1.65. The number of benzene rings is 1. The smallest absolute Gasteiger partial charge is 0.313 e. The zero-order chi connectivity index (χ0) is 14.4. The molecule has 0 saturated carbocycles. The van der Waals surface area contributed by atoms with Crippen LogP contribution in [-0.4, -0.2) is 30.3 Å². The third-order valence-electron chi connectivity index (χ3n) is 3.24. The van der Waals surface area contributed by atoms with E-state index in [1.54, 1.807) is 13.1 Å². The van der Waals surface area contributed by atoms with Crippen LogP contribution >= 0.6 is 0 Å². The van der Waals surface area contributed by atoms with Crippen LogP contribution in [0.4, 0.5) is 5.69 Å². The molecule has 1 N–H and O–H groups in total. The second-order valence-corrected chi connectivity index (χ2v) is 4.78. The van der Waals surface area contributed by atoms with Gasteiger partial charge in [0.2, 0.25) is 0 Å². The third kappa shape index (κ3) is 4.09. The minimum absolute atomic E-state index is 0.491. The van der Waals surface area contributed by atoms with E-state index in [0.29, 0.717) is 12.2 Å². The van der Waals surface area contributed by atoms with Gasteiger partial charge in [-0.05, 0) is 37.5 Å². The monoisotopic (exact) mass is 262 g/mol. The molecule has 1 aromatic rings. The quantitative estimate of drug-likeness (QED) is 0.848. The van der Waals surface area contributed by atoms with Gasteiger partial charge in [0.25, 0.3) is 0 Å². The van der Waals surface area contributed by atoms with Crippen LogP contribution < -0.4 is 5.32 Å². The molecule has 1 aromatic carbocycles. The summed E-state index contributed by atoms with van der Waals surface area (Å²) >= 11 is 0. The lowest BCUT2D eigenvalue weighted by molar-refractivity contribution is -0.142. The number of hydrogen-bond acceptors (Lipinski definition) is 2. The van der Waals surface area contributed by atoms with Gasteiger partial charge in [-0.3, -0.25) is 9.59 Å². The van der Waals surface area contributed by atoms with E-state index in [1.165, 1.54) is 4.90 Å². The van der Waals surface area contributed by atoms with Crippen molar-refractivity contribution in [3.8, 4) is 0 Å². The summed E-state index contributed by atoms with van der Waals surface area (Å²) < 4.78 is 0. The maximum Gasteiger partial charge on any atom is 0.313 e. The van der Waals surface area contributed by atoms with Crippen molar-refractivity contribution in [2.45, 2.75) is 33.6 Å². The van der Waals surface area contributed by atoms with Crippen molar-refractivity contribution in [2.75, 3.05) is 18.9 Å². The summed E-state index contributed by atoms with van der Waals surface area (Å²) in [6.45, 7) is 6.56. The van der Waals surface area contributed by atoms with Gasteiger partial charge in [0, 0.05) is 19.3 Å². The van der Waals surface area contributed by atoms with Gasteiger partial charge in [-0.2, -0.15) is 0 Å². The van der Waals surface area contributed by atoms with Crippen LogP contribution in [0, 0.1) is 13.8 Å². The summed E-state index contributed by atoms with van der Waals surface area (Å²) in [5.74, 6) is -1.07. The number of amides is 2. The van der Waals surface area contributed by atoms with Gasteiger partial charge >= 0.3 is 11.8 Å². The molecule has 4 nitrogen and oxygen atoms in total. The number of likely N-dealkylation sites (N-methyl/N-ethyl adjacent to an activating group) is 1. The van der Waals surface area contributed by atoms with Gasteiger partial charge in [-0.15, -0.1) is 0 Å². The van der Waals surface area contributed by atoms with Crippen LogP contribution in [0.1, 0.15) is 30.9 Å². The Labute approximate surface area is 114 Å². The zero-order valence-corrected chi connectivity index (χ0v) is 12.1. The van der Waals surface area contributed by atoms with Crippen molar-refractivity contribution >= 4 is 17.5 Å². The highest BCUT2D eigenvalue weighted by Crippen LogP contribution is 2.17. The number of unbranched alkanes of at least 4 members (excludes halogenated alkanes) is 1. The Morgan fingerprint density at radius 3 is 2.58 bits per heavy atom. The molecule has 0 radical (unpaired) electrons. The van der Waals surface area contributed by atoms with Gasteiger partial charge < -0.3 is 10.2 Å². The molecule has 0 aromatic heterocycles. The zero-order valence-electron chi connectivity index (χ0n) is 12.1. The van der Waals surface area contributed by atoms with Gasteiger partial charge in [0.15, 0.2) is 0 Å². The Bertz CT molecular complexity index is 469. The fraction of sp³-hybridized carbons (Fsp3) is 0.467. The van der Waals surface area contributed by atoms with Crippen LogP contribution in [0.5, 0.6) is 0 Å². The molecule has 0 heterocycles. The summed E-state index contributed by atoms with van der Waals surface area (Å²) in [5.41, 5.74) is 2.77. The minimum atomic E-state index is -0.577. The Morgan fingerprint density at radius 1 is 1.26 bits per heavy atom. The van der Waals surface area contributed by atoms with E-state index in [-0.39, 0.29) is 0 Å². The molecular formula is C15H22N2O2. The van der Waals surface area contributed by atoms with Crippen molar-refractivity contribution < 1.29 is 9.59 Å². The van der Waals surface area contributed by atoms with E-state index in [1.807, 2.05) is 26.0 Å². The van der Waals surface area contributed by atoms with E-state index in [0.717, 1.165) is 24.0 Å². The fourth-order valence-corrected chi connectivity index (χ4v) is 1.73. The molecular weight excluding hydrogens is 240 g/mol. The van der Waals surface area contributed by atoms with Crippen molar-refractivity contribution in [2.24, 2.45) is 0 Å². The topological polar surface area (TPSA) is 49.4 Å². The van der Waals surface area contributed by atoms with Crippen LogP contribution in [0.15, 0.2) is 18.2 Å². The number of nitrogens with one attached hydrogen (secondary N) is 1. The molecule has 0 fully saturated rings. The first-order valence-electron chi connectivity index (χ1n) is 6.60. The standard InChI is InChI=1S/C15H22N2O2/c1-5-6-10-17(4)15(19)14(18)16-13-9-7-8-11(2)12(13)3/h7-9H,5-6,10H2,1-4H3,(H,16,18). The first-order chi connectivity index (χ1) is 8.97. The second-order valence-electron chi connectivity index (χ2n) is 4.78. The van der Waals surface area contributed by atoms with E-state index in [2.05, 4.69) is 12.2 Å². The number of carbonyl (C=O) groups excluding carboxylic acids is 2. The van der Waals surface area contributed by atoms with Gasteiger partial charge in [-0.25, -0.2) is 0 Å². The van der Waals surface area contributed by atoms with E-state index < -0.39 is 11.8 Å². The summed E-state index contributed by atoms with van der Waals surface area (Å²) in [5, 5.41) is 2.68. The molecule has 0 spiro atoms. The lowest BCUT2D eigenvalue weighted by Crippen LogP contribution is -2.37. The van der Waals surface area contributed by atoms with Crippen molar-refractivity contribution in [3.05, 3.63) is 29.3 Å². The van der Waals surface area contributed by atoms with E-state index >= 15 is 0 Å². The van der Waals surface area contributed by atoms with Crippen molar-refractivity contribution in [1.29, 1.82) is 0 Å². The molecule has 1 rings (SSSR count). The average Bonchev–Trinajstić information content (AvgIpc) is 2.40. The molecule has 0 atom stereocenters. The predicted molar refractivity (Wildman–Crippen MR) is 77.1 cm³/mol. The summed E-state index contributed by atoms with van der Waals surface area (Å²) in [6, 6.07) is 5.64. The summed E-state index contributed by atoms with van der Waals surface area (Å²) in [4.78, 5) is 25.2. The van der Waals surface area contributed by atoms with Gasteiger partial charge in [0.1, 0.15) is 0 Å². The Hall–Kier alpha value is -1.84. The highest BCUT2D eigenvalue weighted by atomic mass is 16.2. The van der Waals surface area contributed by atoms with Gasteiger partial charge in [-0.1, -0.05) is 25.5 Å². The number of aryl methyl sites for hydroxylation is 1. The lowest BCUT2D eigenvalue weighted by Gasteiger charge is -2.17. The number of rotatable bonds is 4. The van der Waals surface area contributed by atoms with E-state index in [9.17, 15) is 9.59 Å². The molecule has 0 aliphatic heterocycles. The average molecular weight is 262 g/mol. The second kappa shape index (κ2) is 6.92. The summed E-state index contributed by atoms with van der Waals surface area (Å²) in [6.07, 6.45) is 1.90. The Morgan fingerprint density at radius 2 is 1.95 bits per heavy atom. The van der Waals surface area contributed by atoms with Crippen LogP contribution in [-0.2, 0) is 9.59 Å². The SMILES string of the molecule is CCCCN(C)C(=O)C(=O)Nc1cccc(C)c1C. The van der Waals surface area contributed by atoms with E-state index in [4.69, 9.17) is 0 Å². The molecule has 0 unspecified atom stereocenters. The number of nitrogens with zero attached hydrogens (tertiary/aromatic N) is 1. The molecule has 2 amide bonds. The highest BCUT2D eigenvalue weighted by molar-refractivity contribution is 6.39. The van der Waals surface area contributed by atoms with Crippen molar-refractivity contribution in [3.63, 3.8) is 0 Å². The molecule has 19 heavy (non-hydrogen) atoms. The first kappa shape index (κ1) is 15.2. The maximum absolute atomic E-state index is 11.9. The Balaban J connectivity index is 2.69. The van der Waals surface area contributed by atoms with Crippen LogP contribution in [0.25, 0.3) is 0 Å². The normalized spacial score (nSPS) is 10.1. The predicted octanol–water partition coefficient (Wildman–Crippen LogP) is 2.50. The van der Waals surface area contributed by atoms with Crippen molar-refractivity contribution in [1.82, 2.24) is 4.90 Å². The van der Waals surface area contributed by atoms with Crippen LogP contribution in [0.3, 0.4) is 0 Å². The molecule has 0 saturated heterocycles. The molecule has 0 bridgehead atoms. The third-order valence-corrected chi connectivity index (χ3v) is 3.24. The van der Waals surface area contributed by atoms with Gasteiger partial charge in [0.05, 0.1) is 0 Å². The molecule has 4 heteroatoms. The first-order valence-corrected chi connectivity index (χ1v) is 6.60. The molecule has 0 aliphatic carbocycles. The molecule has 0 aliphatic rings. The maximum atomic E-state index is 11.9. The number of carbonyl (C=O) groups is 2. The number of anilines is 1. The van der Waals surface area contributed by atoms with Crippen LogP contribution in [0.2, 0.25) is 0 Å². The lowest BCUT2D eigenvalue weighted by atomic mass is 10.1. The molecule has 104 valence electrons.